The minimum Gasteiger partial charge on any atom is -0.454 e. The molecule has 5 heteroatoms. The molecule has 0 saturated carbocycles. The minimum absolute atomic E-state index is 0.108. The Morgan fingerprint density at radius 2 is 1.46 bits per heavy atom. The number of hydrogen-bond donors (Lipinski definition) is 1. The highest BCUT2D eigenvalue weighted by molar-refractivity contribution is 7.99. The van der Waals surface area contributed by atoms with Crippen molar-refractivity contribution in [3.05, 3.63) is 127 Å². The monoisotopic (exact) mass is 605 g/mol. The predicted molar refractivity (Wildman–Crippen MR) is 192 cm³/mol. The fourth-order valence-corrected chi connectivity index (χ4v) is 9.45. The molecular formula is C41H26BN2OS. The fraction of sp³-hybridized carbons (Fsp3) is 0.0732. The summed E-state index contributed by atoms with van der Waals surface area (Å²) in [5.74, 6) is 0. The Labute approximate surface area is 271 Å². The average Bonchev–Trinajstić information content (AvgIpc) is 3.73. The Hall–Kier alpha value is -5.13. The van der Waals surface area contributed by atoms with E-state index in [0.29, 0.717) is 0 Å². The topological polar surface area (TPSA) is 32.2 Å². The molecule has 0 saturated heterocycles. The standard InChI is InChI=1S/C41H26BN2OS/c1-41(2)28-15-5-3-12-24(28)34-25-14-9-13-23(36(25)43-40(34)41)26-21-27-22-11-4-7-18-31(22)45-39(27)38-35(26)42-29-16-10-20-33-37(29)44(38)30-17-6-8-19-32(30)46-33/h3-21,43H,1-2H3. The number of nitrogens with zero attached hydrogens (tertiary/aromatic N) is 1. The van der Waals surface area contributed by atoms with Gasteiger partial charge in [-0.25, -0.2) is 0 Å². The van der Waals surface area contributed by atoms with E-state index in [-0.39, 0.29) is 5.41 Å². The minimum atomic E-state index is -0.108. The predicted octanol–water partition coefficient (Wildman–Crippen LogP) is 9.94. The number of para-hydroxylation sites is 4. The van der Waals surface area contributed by atoms with Crippen molar-refractivity contribution in [3.63, 3.8) is 0 Å². The van der Waals surface area contributed by atoms with Crippen LogP contribution in [0.3, 0.4) is 0 Å². The molecule has 6 aromatic carbocycles. The molecule has 0 atom stereocenters. The molecular weight excluding hydrogens is 579 g/mol. The van der Waals surface area contributed by atoms with Gasteiger partial charge < -0.3 is 14.3 Å². The van der Waals surface area contributed by atoms with E-state index in [2.05, 4.69) is 146 Å². The van der Waals surface area contributed by atoms with Gasteiger partial charge in [-0.1, -0.05) is 116 Å². The molecule has 46 heavy (non-hydrogen) atoms. The van der Waals surface area contributed by atoms with Gasteiger partial charge in [-0.2, -0.15) is 0 Å². The van der Waals surface area contributed by atoms with Gasteiger partial charge >= 0.3 is 0 Å². The number of anilines is 3. The van der Waals surface area contributed by atoms with E-state index in [1.807, 2.05) is 11.8 Å². The Bertz CT molecular complexity index is 2640. The lowest BCUT2D eigenvalue weighted by molar-refractivity contribution is 0.642. The summed E-state index contributed by atoms with van der Waals surface area (Å²) in [5, 5.41) is 3.54. The maximum Gasteiger partial charge on any atom is 0.198 e. The van der Waals surface area contributed by atoms with E-state index >= 15 is 0 Å². The summed E-state index contributed by atoms with van der Waals surface area (Å²) in [4.78, 5) is 8.97. The molecule has 0 unspecified atom stereocenters. The number of benzene rings is 6. The number of nitrogens with one attached hydrogen (secondary N) is 1. The molecule has 0 bridgehead atoms. The molecule has 4 heterocycles. The largest absolute Gasteiger partial charge is 0.454 e. The van der Waals surface area contributed by atoms with Crippen molar-refractivity contribution in [2.75, 3.05) is 4.90 Å². The number of fused-ring (bicyclic) bond motifs is 13. The van der Waals surface area contributed by atoms with Gasteiger partial charge in [0.25, 0.3) is 0 Å². The summed E-state index contributed by atoms with van der Waals surface area (Å²) in [5.41, 5.74) is 16.6. The van der Waals surface area contributed by atoms with Crippen LogP contribution in [0, 0.1) is 0 Å². The quantitative estimate of drug-likeness (QED) is 0.189. The molecule has 0 spiro atoms. The normalized spacial score (nSPS) is 15.0. The van der Waals surface area contributed by atoms with E-state index in [0.717, 1.165) is 27.6 Å². The van der Waals surface area contributed by atoms with Gasteiger partial charge in [-0.3, -0.25) is 0 Å². The fourth-order valence-electron chi connectivity index (χ4n) is 8.35. The van der Waals surface area contributed by atoms with E-state index in [1.165, 1.54) is 76.5 Å². The van der Waals surface area contributed by atoms with Crippen LogP contribution in [0.15, 0.2) is 129 Å². The summed E-state index contributed by atoms with van der Waals surface area (Å²) < 4.78 is 6.80. The van der Waals surface area contributed by atoms with Crippen LogP contribution >= 0.6 is 11.8 Å². The SMILES string of the molecule is CC1(C)c2ccccc2-c2c1[nH]c1c(-c3cc4c(oc5ccccc54)c4c3[B]c3cccc5c3N4c3ccccc3S5)cccc21. The highest BCUT2D eigenvalue weighted by Crippen LogP contribution is 2.55. The van der Waals surface area contributed by atoms with Crippen LogP contribution in [0.1, 0.15) is 25.1 Å². The second-order valence-corrected chi connectivity index (χ2v) is 14.3. The summed E-state index contributed by atoms with van der Waals surface area (Å²) in [7, 11) is 2.38. The second-order valence-electron chi connectivity index (χ2n) is 13.2. The molecule has 215 valence electrons. The Morgan fingerprint density at radius 1 is 0.696 bits per heavy atom. The highest BCUT2D eigenvalue weighted by Gasteiger charge is 2.40. The summed E-state index contributed by atoms with van der Waals surface area (Å²) >= 11 is 1.85. The number of aromatic nitrogens is 1. The number of furan rings is 1. The summed E-state index contributed by atoms with van der Waals surface area (Å²) in [6, 6.07) is 41.9. The van der Waals surface area contributed by atoms with Crippen LogP contribution in [0.2, 0.25) is 0 Å². The van der Waals surface area contributed by atoms with E-state index < -0.39 is 0 Å². The molecule has 1 aliphatic carbocycles. The van der Waals surface area contributed by atoms with Crippen LogP contribution in [-0.4, -0.2) is 12.3 Å². The molecule has 3 nitrogen and oxygen atoms in total. The molecule has 0 fully saturated rings. The first-order valence-corrected chi connectivity index (χ1v) is 16.7. The summed E-state index contributed by atoms with van der Waals surface area (Å²) in [6.07, 6.45) is 0. The molecule has 11 rings (SSSR count). The van der Waals surface area contributed by atoms with Gasteiger partial charge in [0.1, 0.15) is 5.58 Å². The van der Waals surface area contributed by atoms with Crippen molar-refractivity contribution in [2.45, 2.75) is 29.1 Å². The van der Waals surface area contributed by atoms with Crippen LogP contribution in [-0.2, 0) is 5.41 Å². The number of H-pyrrole nitrogens is 1. The molecule has 2 aromatic heterocycles. The van der Waals surface area contributed by atoms with Crippen molar-refractivity contribution in [2.24, 2.45) is 0 Å². The van der Waals surface area contributed by atoms with Crippen LogP contribution < -0.4 is 15.8 Å². The van der Waals surface area contributed by atoms with Crippen molar-refractivity contribution in [1.82, 2.24) is 4.98 Å². The second kappa shape index (κ2) is 8.57. The van der Waals surface area contributed by atoms with Crippen LogP contribution in [0.25, 0.3) is 55.1 Å². The molecule has 2 aliphatic heterocycles. The van der Waals surface area contributed by atoms with Crippen molar-refractivity contribution < 1.29 is 4.42 Å². The molecule has 0 amide bonds. The zero-order valence-corrected chi connectivity index (χ0v) is 26.1. The van der Waals surface area contributed by atoms with Crippen LogP contribution in [0.5, 0.6) is 0 Å². The number of hydrogen-bond acceptors (Lipinski definition) is 3. The van der Waals surface area contributed by atoms with Gasteiger partial charge in [0, 0.05) is 48.2 Å². The lowest BCUT2D eigenvalue weighted by Crippen LogP contribution is -2.42. The smallest absolute Gasteiger partial charge is 0.198 e. The average molecular weight is 606 g/mol. The Morgan fingerprint density at radius 3 is 2.41 bits per heavy atom. The molecule has 1 radical (unpaired) electrons. The maximum absolute atomic E-state index is 6.80. The first kappa shape index (κ1) is 25.1. The lowest BCUT2D eigenvalue weighted by atomic mass is 9.58. The first-order valence-electron chi connectivity index (χ1n) is 15.9. The Kier molecular flexibility index (Phi) is 4.68. The molecule has 8 aromatic rings. The van der Waals surface area contributed by atoms with Gasteiger partial charge in [0.05, 0.1) is 22.6 Å². The third-order valence-electron chi connectivity index (χ3n) is 10.4. The number of aromatic amines is 1. The lowest BCUT2D eigenvalue weighted by Gasteiger charge is -2.39. The van der Waals surface area contributed by atoms with E-state index in [9.17, 15) is 0 Å². The Balaban J connectivity index is 1.28. The summed E-state index contributed by atoms with van der Waals surface area (Å²) in [6.45, 7) is 4.68. The maximum atomic E-state index is 6.80. The third-order valence-corrected chi connectivity index (χ3v) is 11.5. The van der Waals surface area contributed by atoms with Crippen molar-refractivity contribution in [3.8, 4) is 22.3 Å². The molecule has 3 aliphatic rings. The zero-order chi connectivity index (χ0) is 30.3. The number of rotatable bonds is 1. The van der Waals surface area contributed by atoms with Crippen molar-refractivity contribution in [1.29, 1.82) is 0 Å². The van der Waals surface area contributed by atoms with Crippen molar-refractivity contribution >= 4 is 79.9 Å². The molecule has 1 N–H and O–H groups in total. The zero-order valence-electron chi connectivity index (χ0n) is 25.3. The third kappa shape index (κ3) is 3.02. The van der Waals surface area contributed by atoms with Gasteiger partial charge in [0.15, 0.2) is 12.9 Å². The first-order chi connectivity index (χ1) is 22.6. The van der Waals surface area contributed by atoms with Crippen LogP contribution in [0.4, 0.5) is 17.1 Å². The van der Waals surface area contributed by atoms with Gasteiger partial charge in [0.2, 0.25) is 0 Å². The van der Waals surface area contributed by atoms with E-state index in [4.69, 9.17) is 4.42 Å². The van der Waals surface area contributed by atoms with Gasteiger partial charge in [-0.05, 0) is 52.5 Å². The highest BCUT2D eigenvalue weighted by atomic mass is 32.2. The van der Waals surface area contributed by atoms with E-state index in [1.54, 1.807) is 0 Å². The van der Waals surface area contributed by atoms with Gasteiger partial charge in [-0.15, -0.1) is 0 Å².